The van der Waals surface area contributed by atoms with Gasteiger partial charge in [-0.1, -0.05) is 103 Å². The minimum atomic E-state index is 0.908. The van der Waals surface area contributed by atoms with Crippen molar-refractivity contribution in [2.24, 2.45) is 0 Å². The van der Waals surface area contributed by atoms with E-state index in [1.165, 1.54) is 48.1 Å². The van der Waals surface area contributed by atoms with Gasteiger partial charge in [-0.3, -0.25) is 4.90 Å². The zero-order valence-electron chi connectivity index (χ0n) is 21.7. The van der Waals surface area contributed by atoms with Crippen LogP contribution in [0.5, 0.6) is 0 Å². The molecule has 0 amide bonds. The third kappa shape index (κ3) is 3.83. The highest BCUT2D eigenvalue weighted by atomic mass is 32.1. The molecule has 0 N–H and O–H groups in total. The number of pyridine rings is 1. The molecule has 0 radical (unpaired) electrons. The Bertz CT molecular complexity index is 2160. The van der Waals surface area contributed by atoms with Crippen molar-refractivity contribution in [3.05, 3.63) is 146 Å². The second-order valence-corrected chi connectivity index (χ2v) is 11.1. The summed E-state index contributed by atoms with van der Waals surface area (Å²) in [4.78, 5) is 8.56. The van der Waals surface area contributed by atoms with Gasteiger partial charge in [-0.25, -0.2) is 4.98 Å². The molecule has 0 aliphatic rings. The molecule has 0 bridgehead atoms. The molecule has 3 heteroatoms. The number of rotatable bonds is 4. The summed E-state index contributed by atoms with van der Waals surface area (Å²) in [5.41, 5.74) is 4.57. The maximum atomic E-state index is 5.23. The van der Waals surface area contributed by atoms with Gasteiger partial charge in [0.05, 0.1) is 0 Å². The molecule has 188 valence electrons. The van der Waals surface area contributed by atoms with Crippen LogP contribution >= 0.6 is 11.3 Å². The van der Waals surface area contributed by atoms with E-state index in [0.717, 1.165) is 22.0 Å². The molecule has 0 aliphatic heterocycles. The van der Waals surface area contributed by atoms with Gasteiger partial charge < -0.3 is 0 Å². The van der Waals surface area contributed by atoms with E-state index >= 15 is 0 Å². The molecule has 2 nitrogen and oxygen atoms in total. The summed E-state index contributed by atoms with van der Waals surface area (Å²) in [6, 6.07) is 52.0. The smallest absolute Gasteiger partial charge is 0.139 e. The molecular weight excluding hydrogens is 504 g/mol. The maximum Gasteiger partial charge on any atom is 0.139 e. The topological polar surface area (TPSA) is 16.1 Å². The molecule has 8 rings (SSSR count). The minimum absolute atomic E-state index is 0.908. The van der Waals surface area contributed by atoms with Crippen molar-refractivity contribution in [3.63, 3.8) is 0 Å². The zero-order valence-corrected chi connectivity index (χ0v) is 22.5. The van der Waals surface area contributed by atoms with Gasteiger partial charge in [-0.15, -0.1) is 11.3 Å². The predicted octanol–water partition coefficient (Wildman–Crippen LogP) is 10.9. The zero-order chi connectivity index (χ0) is 26.5. The molecule has 0 unspecified atom stereocenters. The van der Waals surface area contributed by atoms with Gasteiger partial charge in [0, 0.05) is 26.8 Å². The van der Waals surface area contributed by atoms with Crippen LogP contribution in [-0.4, -0.2) is 4.98 Å². The summed E-state index contributed by atoms with van der Waals surface area (Å²) in [6.45, 7) is 0. The Morgan fingerprint density at radius 2 is 1.10 bits per heavy atom. The molecule has 0 atom stereocenters. The summed E-state index contributed by atoms with van der Waals surface area (Å²) in [7, 11) is 0. The maximum absolute atomic E-state index is 5.23. The van der Waals surface area contributed by atoms with Crippen molar-refractivity contribution in [2.75, 3.05) is 4.90 Å². The fourth-order valence-electron chi connectivity index (χ4n) is 5.70. The van der Waals surface area contributed by atoms with E-state index in [4.69, 9.17) is 4.98 Å². The van der Waals surface area contributed by atoms with Crippen molar-refractivity contribution >= 4 is 70.4 Å². The van der Waals surface area contributed by atoms with Crippen LogP contribution in [0.15, 0.2) is 146 Å². The SMILES string of the molecule is c1ccc(-c2ccc(N(c3ccc4ccc5ccccc5c4c3)c3ccc4c(n3)sc3ccccc34)cc2)cc1. The lowest BCUT2D eigenvalue weighted by atomic mass is 10.0. The van der Waals surface area contributed by atoms with Crippen LogP contribution in [0.25, 0.3) is 53.0 Å². The van der Waals surface area contributed by atoms with Crippen molar-refractivity contribution in [2.45, 2.75) is 0 Å². The van der Waals surface area contributed by atoms with Gasteiger partial charge in [0.2, 0.25) is 0 Å². The Balaban J connectivity index is 1.33. The number of anilines is 3. The average Bonchev–Trinajstić information content (AvgIpc) is 3.40. The minimum Gasteiger partial charge on any atom is -0.295 e. The van der Waals surface area contributed by atoms with Crippen molar-refractivity contribution < 1.29 is 0 Å². The number of fused-ring (bicyclic) bond motifs is 6. The van der Waals surface area contributed by atoms with E-state index in [0.29, 0.717) is 0 Å². The monoisotopic (exact) mass is 528 g/mol. The number of hydrogen-bond donors (Lipinski definition) is 0. The molecule has 2 aromatic heterocycles. The molecule has 0 aliphatic carbocycles. The van der Waals surface area contributed by atoms with Crippen molar-refractivity contribution in [1.29, 1.82) is 0 Å². The Morgan fingerprint density at radius 3 is 1.95 bits per heavy atom. The first-order valence-corrected chi connectivity index (χ1v) is 14.3. The summed E-state index contributed by atoms with van der Waals surface area (Å²) in [5.74, 6) is 0.908. The fraction of sp³-hybridized carbons (Fsp3) is 0. The van der Waals surface area contributed by atoms with E-state index < -0.39 is 0 Å². The van der Waals surface area contributed by atoms with E-state index in [1.54, 1.807) is 11.3 Å². The van der Waals surface area contributed by atoms with Gasteiger partial charge in [-0.05, 0) is 75.1 Å². The van der Waals surface area contributed by atoms with Crippen LogP contribution in [-0.2, 0) is 0 Å². The average molecular weight is 529 g/mol. The Kier molecular flexibility index (Phi) is 5.35. The lowest BCUT2D eigenvalue weighted by molar-refractivity contribution is 1.22. The third-order valence-electron chi connectivity index (χ3n) is 7.68. The van der Waals surface area contributed by atoms with Gasteiger partial charge >= 0.3 is 0 Å². The first-order chi connectivity index (χ1) is 19.8. The fourth-order valence-corrected chi connectivity index (χ4v) is 6.77. The normalized spacial score (nSPS) is 11.5. The Morgan fingerprint density at radius 1 is 0.450 bits per heavy atom. The molecule has 0 saturated heterocycles. The lowest BCUT2D eigenvalue weighted by Crippen LogP contribution is -2.11. The highest BCUT2D eigenvalue weighted by Gasteiger charge is 2.17. The van der Waals surface area contributed by atoms with Crippen LogP contribution in [0.2, 0.25) is 0 Å². The molecule has 8 aromatic rings. The van der Waals surface area contributed by atoms with E-state index in [-0.39, 0.29) is 0 Å². The molecular formula is C37H24N2S. The highest BCUT2D eigenvalue weighted by Crippen LogP contribution is 2.40. The Hall–Kier alpha value is -4.99. The summed E-state index contributed by atoms with van der Waals surface area (Å²) < 4.78 is 1.26. The second-order valence-electron chi connectivity index (χ2n) is 10.1. The number of nitrogens with zero attached hydrogens (tertiary/aromatic N) is 2. The summed E-state index contributed by atoms with van der Waals surface area (Å²) >= 11 is 1.75. The van der Waals surface area contributed by atoms with Crippen molar-refractivity contribution in [1.82, 2.24) is 4.98 Å². The summed E-state index contributed by atoms with van der Waals surface area (Å²) in [5, 5.41) is 7.44. The van der Waals surface area contributed by atoms with Gasteiger partial charge in [0.15, 0.2) is 0 Å². The second kappa shape index (κ2) is 9.33. The lowest BCUT2D eigenvalue weighted by Gasteiger charge is -2.25. The standard InChI is InChI=1S/C37H24N2S/c1-2-8-25(9-3-1)26-16-19-29(20-17-26)39(36-23-22-33-32-12-6-7-13-35(32)40-37(33)38-36)30-21-18-28-15-14-27-10-4-5-11-31(27)34(28)24-30/h1-24H. The number of thiophene rings is 1. The van der Waals surface area contributed by atoms with Gasteiger partial charge in [0.1, 0.15) is 10.6 Å². The van der Waals surface area contributed by atoms with Crippen LogP contribution in [0.4, 0.5) is 17.2 Å². The van der Waals surface area contributed by atoms with Crippen LogP contribution in [0, 0.1) is 0 Å². The van der Waals surface area contributed by atoms with E-state index in [1.807, 2.05) is 0 Å². The predicted molar refractivity (Wildman–Crippen MR) is 172 cm³/mol. The Labute approximate surface area is 236 Å². The molecule has 6 aromatic carbocycles. The molecule has 0 spiro atoms. The number of benzene rings is 6. The van der Waals surface area contributed by atoms with Crippen LogP contribution in [0.1, 0.15) is 0 Å². The molecule has 40 heavy (non-hydrogen) atoms. The molecule has 0 saturated carbocycles. The third-order valence-corrected chi connectivity index (χ3v) is 8.76. The quantitative estimate of drug-likeness (QED) is 0.211. The molecule has 2 heterocycles. The largest absolute Gasteiger partial charge is 0.295 e. The highest BCUT2D eigenvalue weighted by molar-refractivity contribution is 7.25. The van der Waals surface area contributed by atoms with E-state index in [2.05, 4.69) is 150 Å². The number of hydrogen-bond acceptors (Lipinski definition) is 3. The molecule has 0 fully saturated rings. The van der Waals surface area contributed by atoms with Gasteiger partial charge in [-0.2, -0.15) is 0 Å². The van der Waals surface area contributed by atoms with E-state index in [9.17, 15) is 0 Å². The van der Waals surface area contributed by atoms with Crippen molar-refractivity contribution in [3.8, 4) is 11.1 Å². The first kappa shape index (κ1) is 22.9. The first-order valence-electron chi connectivity index (χ1n) is 13.5. The summed E-state index contributed by atoms with van der Waals surface area (Å²) in [6.07, 6.45) is 0. The number of aromatic nitrogens is 1. The van der Waals surface area contributed by atoms with Crippen LogP contribution < -0.4 is 4.90 Å². The van der Waals surface area contributed by atoms with Gasteiger partial charge in [0.25, 0.3) is 0 Å². The van der Waals surface area contributed by atoms with Crippen LogP contribution in [0.3, 0.4) is 0 Å².